The van der Waals surface area contributed by atoms with Crippen molar-refractivity contribution in [3.05, 3.63) is 0 Å². The van der Waals surface area contributed by atoms with E-state index in [9.17, 15) is 27.2 Å². The standard InChI is InChI=1S/C14H22F4O4/c1-9(2)6-5-7-21-11(19)13(3,4)12(20)22-8-14(17,18)10(15)16/h9-10H,5-8H2,1-4H3. The van der Waals surface area contributed by atoms with Crippen molar-refractivity contribution in [2.75, 3.05) is 13.2 Å². The van der Waals surface area contributed by atoms with Gasteiger partial charge in [0, 0.05) is 0 Å². The first-order valence-corrected chi connectivity index (χ1v) is 6.91. The molecular weight excluding hydrogens is 308 g/mol. The van der Waals surface area contributed by atoms with Gasteiger partial charge in [0.05, 0.1) is 6.61 Å². The molecule has 0 aromatic heterocycles. The third-order valence-corrected chi connectivity index (χ3v) is 2.89. The topological polar surface area (TPSA) is 52.6 Å². The van der Waals surface area contributed by atoms with E-state index in [4.69, 9.17) is 4.74 Å². The lowest BCUT2D eigenvalue weighted by molar-refractivity contribution is -0.190. The highest BCUT2D eigenvalue weighted by atomic mass is 19.3. The molecule has 0 unspecified atom stereocenters. The summed E-state index contributed by atoms with van der Waals surface area (Å²) in [4.78, 5) is 23.4. The number of carbonyl (C=O) groups is 2. The fourth-order valence-corrected chi connectivity index (χ4v) is 1.33. The molecule has 0 saturated heterocycles. The van der Waals surface area contributed by atoms with Gasteiger partial charge in [-0.3, -0.25) is 9.59 Å². The zero-order valence-corrected chi connectivity index (χ0v) is 13.1. The lowest BCUT2D eigenvalue weighted by atomic mass is 9.94. The molecule has 0 aliphatic rings. The van der Waals surface area contributed by atoms with Crippen LogP contribution in [-0.2, 0) is 19.1 Å². The highest BCUT2D eigenvalue weighted by Gasteiger charge is 2.45. The quantitative estimate of drug-likeness (QED) is 0.281. The van der Waals surface area contributed by atoms with Gasteiger partial charge in [-0.15, -0.1) is 0 Å². The fraction of sp³-hybridized carbons (Fsp3) is 0.857. The second-order valence-electron chi connectivity index (χ2n) is 5.93. The van der Waals surface area contributed by atoms with E-state index < -0.39 is 36.3 Å². The molecule has 0 atom stereocenters. The number of alkyl halides is 4. The van der Waals surface area contributed by atoms with Gasteiger partial charge >= 0.3 is 24.3 Å². The Bertz CT molecular complexity index is 381. The van der Waals surface area contributed by atoms with Crippen LogP contribution in [0.25, 0.3) is 0 Å². The summed E-state index contributed by atoms with van der Waals surface area (Å²) in [5.41, 5.74) is -1.84. The van der Waals surface area contributed by atoms with Crippen molar-refractivity contribution in [1.29, 1.82) is 0 Å². The average Bonchev–Trinajstić information content (AvgIpc) is 2.40. The Morgan fingerprint density at radius 2 is 1.55 bits per heavy atom. The Labute approximate surface area is 127 Å². The Morgan fingerprint density at radius 1 is 1.05 bits per heavy atom. The van der Waals surface area contributed by atoms with Crippen molar-refractivity contribution in [2.45, 2.75) is 52.9 Å². The number of hydrogen-bond donors (Lipinski definition) is 0. The summed E-state index contributed by atoms with van der Waals surface area (Å²) in [6, 6.07) is 0. The SMILES string of the molecule is CC(C)CCCOC(=O)C(C)(C)C(=O)OCC(F)(F)C(F)F. The van der Waals surface area contributed by atoms with Gasteiger partial charge in [-0.05, 0) is 32.6 Å². The van der Waals surface area contributed by atoms with E-state index in [0.29, 0.717) is 12.3 Å². The number of esters is 2. The van der Waals surface area contributed by atoms with E-state index >= 15 is 0 Å². The summed E-state index contributed by atoms with van der Waals surface area (Å²) in [6.45, 7) is 4.54. The van der Waals surface area contributed by atoms with Gasteiger partial charge in [0.2, 0.25) is 0 Å². The monoisotopic (exact) mass is 330 g/mol. The van der Waals surface area contributed by atoms with Crippen molar-refractivity contribution in [2.24, 2.45) is 11.3 Å². The lowest BCUT2D eigenvalue weighted by Gasteiger charge is -2.22. The van der Waals surface area contributed by atoms with Crippen LogP contribution >= 0.6 is 0 Å². The van der Waals surface area contributed by atoms with E-state index in [0.717, 1.165) is 20.3 Å². The van der Waals surface area contributed by atoms with Gasteiger partial charge in [-0.1, -0.05) is 13.8 Å². The van der Waals surface area contributed by atoms with Gasteiger partial charge in [0.1, 0.15) is 0 Å². The van der Waals surface area contributed by atoms with Crippen molar-refractivity contribution in [1.82, 2.24) is 0 Å². The van der Waals surface area contributed by atoms with E-state index in [1.54, 1.807) is 0 Å². The molecule has 0 radical (unpaired) electrons. The largest absolute Gasteiger partial charge is 0.465 e. The van der Waals surface area contributed by atoms with Gasteiger partial charge in [0.25, 0.3) is 0 Å². The Balaban J connectivity index is 4.40. The molecule has 0 saturated carbocycles. The van der Waals surface area contributed by atoms with Gasteiger partial charge in [-0.25, -0.2) is 8.78 Å². The fourth-order valence-electron chi connectivity index (χ4n) is 1.33. The molecule has 0 aromatic carbocycles. The van der Waals surface area contributed by atoms with Crippen molar-refractivity contribution in [3.8, 4) is 0 Å². The molecule has 0 fully saturated rings. The van der Waals surface area contributed by atoms with Crippen LogP contribution in [0.4, 0.5) is 17.6 Å². The number of halogens is 4. The molecule has 0 amide bonds. The van der Waals surface area contributed by atoms with Crippen LogP contribution in [0, 0.1) is 11.3 Å². The maximum atomic E-state index is 12.7. The van der Waals surface area contributed by atoms with Crippen LogP contribution in [0.15, 0.2) is 0 Å². The molecule has 0 aliphatic carbocycles. The summed E-state index contributed by atoms with van der Waals surface area (Å²) in [6.07, 6.45) is -2.54. The van der Waals surface area contributed by atoms with Crippen molar-refractivity contribution >= 4 is 11.9 Å². The van der Waals surface area contributed by atoms with Crippen LogP contribution in [0.5, 0.6) is 0 Å². The van der Waals surface area contributed by atoms with Crippen molar-refractivity contribution in [3.63, 3.8) is 0 Å². The van der Waals surface area contributed by atoms with Crippen molar-refractivity contribution < 1.29 is 36.6 Å². The summed E-state index contributed by atoms with van der Waals surface area (Å²) < 4.78 is 58.3. The normalized spacial score (nSPS) is 12.6. The summed E-state index contributed by atoms with van der Waals surface area (Å²) in [5, 5.41) is 0. The van der Waals surface area contributed by atoms with Crippen LogP contribution in [0.1, 0.15) is 40.5 Å². The maximum absolute atomic E-state index is 12.7. The first-order chi connectivity index (χ1) is 9.91. The molecule has 0 N–H and O–H groups in total. The molecule has 130 valence electrons. The minimum atomic E-state index is -4.45. The van der Waals surface area contributed by atoms with Crippen LogP contribution in [0.2, 0.25) is 0 Å². The lowest BCUT2D eigenvalue weighted by Crippen LogP contribution is -2.40. The Hall–Kier alpha value is -1.34. The zero-order chi connectivity index (χ0) is 17.6. The molecule has 4 nitrogen and oxygen atoms in total. The van der Waals surface area contributed by atoms with Crippen LogP contribution in [0.3, 0.4) is 0 Å². The average molecular weight is 330 g/mol. The predicted molar refractivity (Wildman–Crippen MR) is 70.7 cm³/mol. The second kappa shape index (κ2) is 8.33. The van der Waals surface area contributed by atoms with Gasteiger partial charge < -0.3 is 9.47 Å². The summed E-state index contributed by atoms with van der Waals surface area (Å²) >= 11 is 0. The van der Waals surface area contributed by atoms with Crippen LogP contribution < -0.4 is 0 Å². The Kier molecular flexibility index (Phi) is 7.83. The maximum Gasteiger partial charge on any atom is 0.340 e. The first-order valence-electron chi connectivity index (χ1n) is 6.91. The number of ether oxygens (including phenoxy) is 2. The molecule has 22 heavy (non-hydrogen) atoms. The molecule has 8 heteroatoms. The third-order valence-electron chi connectivity index (χ3n) is 2.89. The minimum absolute atomic E-state index is 0.0842. The third kappa shape index (κ3) is 6.62. The van der Waals surface area contributed by atoms with E-state index in [-0.39, 0.29) is 6.61 Å². The Morgan fingerprint density at radius 3 is 2.00 bits per heavy atom. The molecule has 0 aromatic rings. The van der Waals surface area contributed by atoms with Gasteiger partial charge in [0.15, 0.2) is 12.0 Å². The summed E-state index contributed by atoms with van der Waals surface area (Å²) in [7, 11) is 0. The van der Waals surface area contributed by atoms with E-state index in [1.807, 2.05) is 13.8 Å². The number of carbonyl (C=O) groups excluding carboxylic acids is 2. The molecule has 0 bridgehead atoms. The number of hydrogen-bond acceptors (Lipinski definition) is 4. The molecule has 0 rings (SSSR count). The zero-order valence-electron chi connectivity index (χ0n) is 13.1. The number of rotatable bonds is 9. The van der Waals surface area contributed by atoms with Gasteiger partial charge in [-0.2, -0.15) is 8.78 Å². The smallest absolute Gasteiger partial charge is 0.340 e. The predicted octanol–water partition coefficient (Wildman–Crippen LogP) is 3.44. The molecule has 0 spiro atoms. The van der Waals surface area contributed by atoms with Crippen LogP contribution in [-0.4, -0.2) is 37.5 Å². The molecular formula is C14H22F4O4. The first kappa shape index (κ1) is 20.7. The minimum Gasteiger partial charge on any atom is -0.465 e. The molecule has 0 aliphatic heterocycles. The summed E-state index contributed by atoms with van der Waals surface area (Å²) in [5.74, 6) is -6.30. The molecule has 0 heterocycles. The highest BCUT2D eigenvalue weighted by molar-refractivity contribution is 5.99. The van der Waals surface area contributed by atoms with E-state index in [1.165, 1.54) is 0 Å². The highest BCUT2D eigenvalue weighted by Crippen LogP contribution is 2.26. The second-order valence-corrected chi connectivity index (χ2v) is 5.93. The van der Waals surface area contributed by atoms with E-state index in [2.05, 4.69) is 4.74 Å².